The van der Waals surface area contributed by atoms with Gasteiger partial charge in [-0.2, -0.15) is 13.2 Å². The van der Waals surface area contributed by atoms with E-state index in [2.05, 4.69) is 10.6 Å². The highest BCUT2D eigenvalue weighted by atomic mass is 19.4. The number of carbonyl (C=O) groups is 3. The number of rotatable bonds is 11. The molecule has 0 saturated carbocycles. The van der Waals surface area contributed by atoms with Gasteiger partial charge in [0.1, 0.15) is 12.3 Å². The van der Waals surface area contributed by atoms with Crippen LogP contribution in [-0.4, -0.2) is 92.0 Å². The number of nitrogens with two attached hydrogens (primary N) is 1. The molecule has 0 bridgehead atoms. The summed E-state index contributed by atoms with van der Waals surface area (Å²) >= 11 is 0. The zero-order valence-electron chi connectivity index (χ0n) is 16.5. The van der Waals surface area contributed by atoms with E-state index in [1.165, 1.54) is 0 Å². The highest BCUT2D eigenvalue weighted by Gasteiger charge is 2.41. The number of likely N-dealkylation sites (N-methyl/N-ethyl adjacent to an activating group) is 2. The number of nitrogens with zero attached hydrogens (tertiary/aromatic N) is 2. The van der Waals surface area contributed by atoms with Gasteiger partial charge in [-0.05, 0) is 40.3 Å². The molecular formula is C17H30F3N5O3. The van der Waals surface area contributed by atoms with Crippen molar-refractivity contribution in [3.63, 3.8) is 0 Å². The van der Waals surface area contributed by atoms with Crippen LogP contribution in [0, 0.1) is 0 Å². The zero-order valence-corrected chi connectivity index (χ0v) is 16.5. The van der Waals surface area contributed by atoms with E-state index in [9.17, 15) is 27.6 Å². The fourth-order valence-electron chi connectivity index (χ4n) is 3.46. The minimum absolute atomic E-state index is 0.0411. The Labute approximate surface area is 163 Å². The molecule has 0 spiro atoms. The Balaban J connectivity index is 2.78. The molecular weight excluding hydrogens is 379 g/mol. The Kier molecular flexibility index (Phi) is 9.31. The Bertz CT molecular complexity index is 547. The van der Waals surface area contributed by atoms with Crippen LogP contribution >= 0.6 is 0 Å². The van der Waals surface area contributed by atoms with Gasteiger partial charge in [-0.25, -0.2) is 0 Å². The number of aldehydes is 1. The van der Waals surface area contributed by atoms with E-state index in [0.29, 0.717) is 25.5 Å². The van der Waals surface area contributed by atoms with Crippen LogP contribution in [0.2, 0.25) is 0 Å². The van der Waals surface area contributed by atoms with Crippen LogP contribution in [0.25, 0.3) is 0 Å². The van der Waals surface area contributed by atoms with Crippen molar-refractivity contribution < 1.29 is 27.6 Å². The van der Waals surface area contributed by atoms with Crippen molar-refractivity contribution >= 4 is 18.1 Å². The molecule has 28 heavy (non-hydrogen) atoms. The van der Waals surface area contributed by atoms with Crippen LogP contribution in [0.4, 0.5) is 13.2 Å². The van der Waals surface area contributed by atoms with Crippen LogP contribution in [-0.2, 0) is 14.4 Å². The molecule has 4 unspecified atom stereocenters. The van der Waals surface area contributed by atoms with E-state index in [1.807, 2.05) is 0 Å². The van der Waals surface area contributed by atoms with Gasteiger partial charge in [-0.3, -0.25) is 19.4 Å². The lowest BCUT2D eigenvalue weighted by Gasteiger charge is -2.34. The lowest BCUT2D eigenvalue weighted by molar-refractivity contribution is -0.180. The van der Waals surface area contributed by atoms with Gasteiger partial charge in [0.05, 0.1) is 18.6 Å². The summed E-state index contributed by atoms with van der Waals surface area (Å²) in [7, 11) is 3.28. The maximum atomic E-state index is 13.3. The van der Waals surface area contributed by atoms with E-state index in [-0.39, 0.29) is 25.7 Å². The second kappa shape index (κ2) is 10.7. The summed E-state index contributed by atoms with van der Waals surface area (Å²) in [5.74, 6) is -0.919. The van der Waals surface area contributed by atoms with Gasteiger partial charge in [-0.1, -0.05) is 0 Å². The first-order chi connectivity index (χ1) is 13.0. The molecule has 0 aromatic rings. The quantitative estimate of drug-likeness (QED) is 0.397. The van der Waals surface area contributed by atoms with Crippen LogP contribution in [0.3, 0.4) is 0 Å². The monoisotopic (exact) mass is 409 g/mol. The van der Waals surface area contributed by atoms with E-state index >= 15 is 0 Å². The molecule has 1 saturated heterocycles. The van der Waals surface area contributed by atoms with Gasteiger partial charge in [0, 0.05) is 19.1 Å². The zero-order chi connectivity index (χ0) is 21.5. The van der Waals surface area contributed by atoms with Gasteiger partial charge in [0.15, 0.2) is 0 Å². The molecule has 4 N–H and O–H groups in total. The highest BCUT2D eigenvalue weighted by molar-refractivity contribution is 5.81. The molecule has 11 heteroatoms. The van der Waals surface area contributed by atoms with E-state index in [1.54, 1.807) is 19.0 Å². The van der Waals surface area contributed by atoms with E-state index in [4.69, 9.17) is 5.73 Å². The molecule has 8 nitrogen and oxygen atoms in total. The predicted molar refractivity (Wildman–Crippen MR) is 97.4 cm³/mol. The summed E-state index contributed by atoms with van der Waals surface area (Å²) in [4.78, 5) is 37.3. The number of nitrogens with one attached hydrogen (secondary N) is 2. The molecule has 2 amide bonds. The summed E-state index contributed by atoms with van der Waals surface area (Å²) in [6.07, 6.45) is -2.41. The first kappa shape index (κ1) is 24.3. The SMILES string of the molecule is CNCC(=O)NC(C=O)CN(CCC1CCC(C(N)=O)N1C)C(C)C(F)(F)F. The standard InChI is InChI=1S/C17H30F3N5O3/c1-11(17(18,19)20)25(9-12(10-26)23-15(27)8-22-2)7-6-13-4-5-14(16(21)28)24(13)3/h10-14,22H,4-9H2,1-3H3,(H2,21,28)(H,23,27). The van der Waals surface area contributed by atoms with Crippen LogP contribution in [0.15, 0.2) is 0 Å². The van der Waals surface area contributed by atoms with Crippen LogP contribution < -0.4 is 16.4 Å². The lowest BCUT2D eigenvalue weighted by atomic mass is 10.1. The third kappa shape index (κ3) is 7.02. The third-order valence-electron chi connectivity index (χ3n) is 5.22. The number of hydrogen-bond acceptors (Lipinski definition) is 6. The normalized spacial score (nSPS) is 22.8. The Morgan fingerprint density at radius 2 is 2.00 bits per heavy atom. The highest BCUT2D eigenvalue weighted by Crippen LogP contribution is 2.28. The maximum Gasteiger partial charge on any atom is 0.403 e. The minimum atomic E-state index is -4.47. The number of amides is 2. The Morgan fingerprint density at radius 1 is 1.36 bits per heavy atom. The van der Waals surface area contributed by atoms with Crippen molar-refractivity contribution in [2.45, 2.75) is 56.5 Å². The average molecular weight is 409 g/mol. The van der Waals surface area contributed by atoms with Crippen molar-refractivity contribution in [1.82, 2.24) is 20.4 Å². The number of halogens is 3. The second-order valence-corrected chi connectivity index (χ2v) is 7.16. The molecule has 0 radical (unpaired) electrons. The number of hydrogen-bond donors (Lipinski definition) is 3. The van der Waals surface area contributed by atoms with Crippen LogP contribution in [0.5, 0.6) is 0 Å². The van der Waals surface area contributed by atoms with Crippen molar-refractivity contribution in [3.8, 4) is 0 Å². The van der Waals surface area contributed by atoms with Crippen molar-refractivity contribution in [1.29, 1.82) is 0 Å². The number of carbonyl (C=O) groups excluding carboxylic acids is 3. The summed E-state index contributed by atoms with van der Waals surface area (Å²) in [6, 6.07) is -3.32. The largest absolute Gasteiger partial charge is 0.403 e. The fraction of sp³-hybridized carbons (Fsp3) is 0.824. The number of alkyl halides is 3. The van der Waals surface area contributed by atoms with Gasteiger partial charge in [0.2, 0.25) is 11.8 Å². The van der Waals surface area contributed by atoms with E-state index < -0.39 is 36.1 Å². The van der Waals surface area contributed by atoms with E-state index in [0.717, 1.165) is 11.8 Å². The Morgan fingerprint density at radius 3 is 2.46 bits per heavy atom. The maximum absolute atomic E-state index is 13.3. The Hall–Kier alpha value is -1.72. The molecule has 0 aromatic heterocycles. The second-order valence-electron chi connectivity index (χ2n) is 7.16. The van der Waals surface area contributed by atoms with Crippen molar-refractivity contribution in [2.24, 2.45) is 5.73 Å². The third-order valence-corrected chi connectivity index (χ3v) is 5.22. The van der Waals surface area contributed by atoms with Crippen molar-refractivity contribution in [2.75, 3.05) is 33.7 Å². The summed E-state index contributed by atoms with van der Waals surface area (Å²) in [5.41, 5.74) is 5.34. The first-order valence-electron chi connectivity index (χ1n) is 9.22. The molecule has 4 atom stereocenters. The van der Waals surface area contributed by atoms with Gasteiger partial charge in [0.25, 0.3) is 0 Å². The predicted octanol–water partition coefficient (Wildman–Crippen LogP) is -0.519. The molecule has 0 aliphatic carbocycles. The van der Waals surface area contributed by atoms with Crippen LogP contribution in [0.1, 0.15) is 26.2 Å². The van der Waals surface area contributed by atoms with Gasteiger partial charge >= 0.3 is 6.18 Å². The number of primary amides is 1. The smallest absolute Gasteiger partial charge is 0.368 e. The van der Waals surface area contributed by atoms with Gasteiger partial charge in [-0.15, -0.1) is 0 Å². The molecule has 1 aliphatic heterocycles. The summed E-state index contributed by atoms with van der Waals surface area (Å²) < 4.78 is 39.8. The summed E-state index contributed by atoms with van der Waals surface area (Å²) in [5, 5.41) is 5.03. The van der Waals surface area contributed by atoms with Crippen molar-refractivity contribution in [3.05, 3.63) is 0 Å². The molecule has 0 aromatic carbocycles. The first-order valence-corrected chi connectivity index (χ1v) is 9.22. The van der Waals surface area contributed by atoms with Gasteiger partial charge < -0.3 is 21.2 Å². The average Bonchev–Trinajstić information content (AvgIpc) is 2.97. The number of likely N-dealkylation sites (tertiary alicyclic amines) is 1. The lowest BCUT2D eigenvalue weighted by Crippen LogP contribution is -2.53. The topological polar surface area (TPSA) is 108 Å². The summed E-state index contributed by atoms with van der Waals surface area (Å²) in [6.45, 7) is 0.797. The minimum Gasteiger partial charge on any atom is -0.368 e. The fourth-order valence-corrected chi connectivity index (χ4v) is 3.46. The molecule has 1 fully saturated rings. The molecule has 1 heterocycles. The molecule has 162 valence electrons. The molecule has 1 rings (SSSR count). The molecule has 1 aliphatic rings.